The van der Waals surface area contributed by atoms with Crippen LogP contribution in [0, 0.1) is 5.92 Å². The molecule has 0 amide bonds. The van der Waals surface area contributed by atoms with E-state index in [1.807, 2.05) is 30.3 Å². The first-order valence-corrected chi connectivity index (χ1v) is 11.5. The summed E-state index contributed by atoms with van der Waals surface area (Å²) in [4.78, 5) is 0. The molecule has 0 unspecified atom stereocenters. The molecule has 0 radical (unpaired) electrons. The summed E-state index contributed by atoms with van der Waals surface area (Å²) in [5, 5.41) is 8.93. The van der Waals surface area contributed by atoms with Crippen LogP contribution >= 0.6 is 11.6 Å². The summed E-state index contributed by atoms with van der Waals surface area (Å²) in [7, 11) is -1.92. The maximum atomic E-state index is 13.0. The molecule has 1 aliphatic heterocycles. The number of sulfonamides is 1. The monoisotopic (exact) mass is 447 g/mol. The second-order valence-electron chi connectivity index (χ2n) is 7.33. The largest absolute Gasteiger partial charge is 0.420 e. The van der Waals surface area contributed by atoms with E-state index in [2.05, 4.69) is 10.2 Å². The third-order valence-corrected chi connectivity index (χ3v) is 7.26. The summed E-state index contributed by atoms with van der Waals surface area (Å²) < 4.78 is 38.8. The molecule has 9 heteroatoms. The molecule has 2 aromatic carbocycles. The van der Waals surface area contributed by atoms with Crippen LogP contribution in [0.1, 0.15) is 17.4 Å². The van der Waals surface area contributed by atoms with Crippen LogP contribution in [-0.4, -0.2) is 49.7 Å². The van der Waals surface area contributed by atoms with Crippen LogP contribution in [-0.2, 0) is 20.5 Å². The normalized spacial score (nSPS) is 19.9. The molecule has 30 heavy (non-hydrogen) atoms. The quantitative estimate of drug-likeness (QED) is 0.550. The molecule has 0 bridgehead atoms. The first-order valence-electron chi connectivity index (χ1n) is 9.56. The molecular weight excluding hydrogens is 426 g/mol. The van der Waals surface area contributed by atoms with E-state index in [4.69, 9.17) is 20.8 Å². The van der Waals surface area contributed by atoms with Gasteiger partial charge in [-0.25, -0.2) is 12.7 Å². The van der Waals surface area contributed by atoms with Gasteiger partial charge in [0.05, 0.1) is 18.3 Å². The Morgan fingerprint density at radius 3 is 2.53 bits per heavy atom. The van der Waals surface area contributed by atoms with E-state index in [1.165, 1.54) is 4.31 Å². The number of hydrogen-bond acceptors (Lipinski definition) is 6. The van der Waals surface area contributed by atoms with Crippen LogP contribution in [0.3, 0.4) is 0 Å². The molecule has 158 valence electrons. The Hall–Kier alpha value is -2.26. The molecule has 4 rings (SSSR count). The summed E-state index contributed by atoms with van der Waals surface area (Å²) in [5.41, 5.74) is 1.51. The van der Waals surface area contributed by atoms with E-state index in [9.17, 15) is 8.42 Å². The molecule has 2 heterocycles. The number of aromatic nitrogens is 2. The van der Waals surface area contributed by atoms with Crippen molar-refractivity contribution in [3.63, 3.8) is 0 Å². The fraction of sp³-hybridized carbons (Fsp3) is 0.333. The Balaban J connectivity index is 1.54. The summed E-state index contributed by atoms with van der Waals surface area (Å²) in [6.07, 6.45) is 0. The van der Waals surface area contributed by atoms with Gasteiger partial charge in [-0.3, -0.25) is 0 Å². The maximum absolute atomic E-state index is 13.0. The van der Waals surface area contributed by atoms with Crippen molar-refractivity contribution in [2.24, 2.45) is 5.92 Å². The molecule has 1 aromatic heterocycles. The number of hydrogen-bond donors (Lipinski definition) is 0. The predicted octanol–water partition coefficient (Wildman–Crippen LogP) is 3.58. The molecule has 0 N–H and O–H groups in total. The number of benzene rings is 2. The van der Waals surface area contributed by atoms with E-state index in [1.54, 1.807) is 31.4 Å². The third-order valence-electron chi connectivity index (χ3n) is 5.22. The smallest absolute Gasteiger partial charge is 0.247 e. The van der Waals surface area contributed by atoms with Crippen LogP contribution in [0.4, 0.5) is 0 Å². The van der Waals surface area contributed by atoms with Crippen molar-refractivity contribution in [3.05, 3.63) is 71.1 Å². The Kier molecular flexibility index (Phi) is 6.19. The Labute approximate surface area is 180 Å². The van der Waals surface area contributed by atoms with Gasteiger partial charge in [0, 0.05) is 36.7 Å². The fourth-order valence-corrected chi connectivity index (χ4v) is 5.41. The van der Waals surface area contributed by atoms with Gasteiger partial charge in [0.2, 0.25) is 21.8 Å². The van der Waals surface area contributed by atoms with E-state index in [-0.39, 0.29) is 24.1 Å². The first kappa shape index (κ1) is 21.0. The SMILES string of the molecule is COC[C@@H]1CN(S(=O)(=O)Cc2ccc(Cl)cc2)C[C@H]1c1nnc(-c2ccccc2)o1. The standard InChI is InChI=1S/C21H22ClN3O4S/c1-28-13-17-11-25(30(26,27)14-15-7-9-18(22)10-8-15)12-19(17)21-24-23-20(29-21)16-5-3-2-4-6-16/h2-10,17,19H,11-14H2,1H3/t17-,19+/m0/s1. The average molecular weight is 448 g/mol. The number of rotatable bonds is 7. The van der Waals surface area contributed by atoms with Crippen molar-refractivity contribution in [1.82, 2.24) is 14.5 Å². The Bertz CT molecular complexity index is 1090. The van der Waals surface area contributed by atoms with Crippen LogP contribution in [0.15, 0.2) is 59.0 Å². The zero-order valence-electron chi connectivity index (χ0n) is 16.4. The lowest BCUT2D eigenvalue weighted by molar-refractivity contribution is 0.147. The predicted molar refractivity (Wildman–Crippen MR) is 113 cm³/mol. The van der Waals surface area contributed by atoms with Crippen LogP contribution in [0.5, 0.6) is 0 Å². The minimum Gasteiger partial charge on any atom is -0.420 e. The van der Waals surface area contributed by atoms with Gasteiger partial charge in [0.1, 0.15) is 0 Å². The van der Waals surface area contributed by atoms with E-state index < -0.39 is 10.0 Å². The Morgan fingerprint density at radius 2 is 1.83 bits per heavy atom. The second kappa shape index (κ2) is 8.85. The fourth-order valence-electron chi connectivity index (χ4n) is 3.69. The third kappa shape index (κ3) is 4.57. The molecule has 7 nitrogen and oxygen atoms in total. The van der Waals surface area contributed by atoms with Crippen molar-refractivity contribution in [3.8, 4) is 11.5 Å². The molecule has 0 aliphatic carbocycles. The van der Waals surface area contributed by atoms with Crippen LogP contribution in [0.2, 0.25) is 5.02 Å². The zero-order valence-corrected chi connectivity index (χ0v) is 18.0. The molecule has 3 aromatic rings. The van der Waals surface area contributed by atoms with E-state index in [0.29, 0.717) is 35.5 Å². The Morgan fingerprint density at radius 1 is 1.10 bits per heavy atom. The average Bonchev–Trinajstić information content (AvgIpc) is 3.38. The summed E-state index contributed by atoms with van der Waals surface area (Å²) in [6.45, 7) is 1.03. The summed E-state index contributed by atoms with van der Waals surface area (Å²) >= 11 is 5.90. The lowest BCUT2D eigenvalue weighted by Crippen LogP contribution is -2.30. The maximum Gasteiger partial charge on any atom is 0.247 e. The van der Waals surface area contributed by atoms with Gasteiger partial charge in [-0.05, 0) is 29.8 Å². The minimum atomic E-state index is -3.52. The molecule has 0 saturated carbocycles. The molecular formula is C21H22ClN3O4S. The van der Waals surface area contributed by atoms with Crippen molar-refractivity contribution in [2.45, 2.75) is 11.7 Å². The van der Waals surface area contributed by atoms with Gasteiger partial charge in [-0.1, -0.05) is 41.9 Å². The van der Waals surface area contributed by atoms with Gasteiger partial charge in [0.15, 0.2) is 0 Å². The first-order chi connectivity index (χ1) is 14.5. The number of ether oxygens (including phenoxy) is 1. The van der Waals surface area contributed by atoms with Gasteiger partial charge in [-0.2, -0.15) is 0 Å². The zero-order chi connectivity index (χ0) is 21.1. The van der Waals surface area contributed by atoms with E-state index >= 15 is 0 Å². The number of halogens is 1. The highest BCUT2D eigenvalue weighted by atomic mass is 35.5. The highest BCUT2D eigenvalue weighted by molar-refractivity contribution is 7.88. The van der Waals surface area contributed by atoms with Crippen molar-refractivity contribution >= 4 is 21.6 Å². The topological polar surface area (TPSA) is 85.5 Å². The number of nitrogens with zero attached hydrogens (tertiary/aromatic N) is 3. The number of methoxy groups -OCH3 is 1. The van der Waals surface area contributed by atoms with Crippen LogP contribution in [0.25, 0.3) is 11.5 Å². The minimum absolute atomic E-state index is 0.0703. The second-order valence-corrected chi connectivity index (χ2v) is 9.74. The van der Waals surface area contributed by atoms with Crippen molar-refractivity contribution < 1.29 is 17.6 Å². The van der Waals surface area contributed by atoms with Crippen LogP contribution < -0.4 is 0 Å². The van der Waals surface area contributed by atoms with E-state index in [0.717, 1.165) is 5.56 Å². The van der Waals surface area contributed by atoms with Gasteiger partial charge >= 0.3 is 0 Å². The molecule has 0 spiro atoms. The molecule has 1 fully saturated rings. The highest BCUT2D eigenvalue weighted by Gasteiger charge is 2.42. The molecule has 1 saturated heterocycles. The molecule has 2 atom stereocenters. The van der Waals surface area contributed by atoms with Gasteiger partial charge in [0.25, 0.3) is 0 Å². The highest BCUT2D eigenvalue weighted by Crippen LogP contribution is 2.35. The van der Waals surface area contributed by atoms with Gasteiger partial charge < -0.3 is 9.15 Å². The summed E-state index contributed by atoms with van der Waals surface area (Å²) in [6, 6.07) is 16.3. The van der Waals surface area contributed by atoms with Crippen molar-refractivity contribution in [1.29, 1.82) is 0 Å². The molecule has 1 aliphatic rings. The lowest BCUT2D eigenvalue weighted by atomic mass is 9.97. The summed E-state index contributed by atoms with van der Waals surface area (Å²) in [5.74, 6) is 0.466. The van der Waals surface area contributed by atoms with Crippen molar-refractivity contribution in [2.75, 3.05) is 26.8 Å². The lowest BCUT2D eigenvalue weighted by Gasteiger charge is -2.16. The van der Waals surface area contributed by atoms with Gasteiger partial charge in [-0.15, -0.1) is 10.2 Å².